The molecule has 0 N–H and O–H groups in total. The molecule has 7 heteroatoms. The van der Waals surface area contributed by atoms with Gasteiger partial charge in [-0.1, -0.05) is 0 Å². The fraction of sp³-hybridized carbons (Fsp3) is 0.600. The van der Waals surface area contributed by atoms with Crippen LogP contribution in [0.4, 0.5) is 0 Å². The van der Waals surface area contributed by atoms with E-state index in [1.807, 2.05) is 34.0 Å². The van der Waals surface area contributed by atoms with Crippen LogP contribution in [0.2, 0.25) is 0 Å². The second kappa shape index (κ2) is 8.30. The first kappa shape index (κ1) is 18.3. The summed E-state index contributed by atoms with van der Waals surface area (Å²) in [7, 11) is 0. The first-order chi connectivity index (χ1) is 13.3. The lowest BCUT2D eigenvalue weighted by Crippen LogP contribution is -2.39. The molecule has 0 saturated carbocycles. The van der Waals surface area contributed by atoms with Crippen LogP contribution >= 0.6 is 11.8 Å². The quantitative estimate of drug-likeness (QED) is 0.555. The van der Waals surface area contributed by atoms with Crippen molar-refractivity contribution in [3.63, 3.8) is 0 Å². The summed E-state index contributed by atoms with van der Waals surface area (Å²) in [6.45, 7) is 2.14. The number of hydrogen-bond acceptors (Lipinski definition) is 6. The molecule has 0 aliphatic carbocycles. The van der Waals surface area contributed by atoms with Crippen molar-refractivity contribution in [3.05, 3.63) is 23.0 Å². The maximum atomic E-state index is 13.3. The molecule has 6 nitrogen and oxygen atoms in total. The molecular formula is C20H25N5OS. The van der Waals surface area contributed by atoms with Crippen LogP contribution in [0.5, 0.6) is 0 Å². The normalized spacial score (nSPS) is 26.3. The molecule has 4 aliphatic rings. The van der Waals surface area contributed by atoms with Gasteiger partial charge in [0.15, 0.2) is 0 Å². The minimum Gasteiger partial charge on any atom is -0.338 e. The standard InChI is InChI=1S/C20H25N5OS/c21-12-16(20(26)24-8-2-1-3-9-24)19(15-5-10-27-11-6-15)25-14-23-17-13-22-7-4-18(17)25/h4,7,14-15,17H,1-3,5-6,8-11,13H2. The Morgan fingerprint density at radius 2 is 2.00 bits per heavy atom. The topological polar surface area (TPSA) is 72.1 Å². The number of rotatable bonds is 3. The van der Waals surface area contributed by atoms with Crippen molar-refractivity contribution in [2.45, 2.75) is 38.1 Å². The van der Waals surface area contributed by atoms with Crippen LogP contribution in [0.3, 0.4) is 0 Å². The Morgan fingerprint density at radius 1 is 1.22 bits per heavy atom. The maximum absolute atomic E-state index is 13.3. The smallest absolute Gasteiger partial charge is 0.266 e. The minimum atomic E-state index is -0.104. The van der Waals surface area contributed by atoms with Crippen LogP contribution in [0.1, 0.15) is 32.1 Å². The molecule has 0 radical (unpaired) electrons. The third-order valence-corrected chi connectivity index (χ3v) is 6.75. The third kappa shape index (κ3) is 3.68. The number of nitrogens with zero attached hydrogens (tertiary/aromatic N) is 5. The summed E-state index contributed by atoms with van der Waals surface area (Å²) in [4.78, 5) is 26.0. The van der Waals surface area contributed by atoms with Gasteiger partial charge < -0.3 is 9.80 Å². The van der Waals surface area contributed by atoms with Crippen LogP contribution < -0.4 is 0 Å². The van der Waals surface area contributed by atoms with Gasteiger partial charge in [-0.05, 0) is 49.7 Å². The number of nitriles is 1. The van der Waals surface area contributed by atoms with Crippen LogP contribution in [0.15, 0.2) is 33.0 Å². The van der Waals surface area contributed by atoms with Crippen LogP contribution in [0.25, 0.3) is 0 Å². The zero-order valence-electron chi connectivity index (χ0n) is 15.5. The molecule has 1 atom stereocenters. The molecule has 4 heterocycles. The number of hydrogen-bond donors (Lipinski definition) is 0. The van der Waals surface area contributed by atoms with Gasteiger partial charge in [-0.25, -0.2) is 0 Å². The van der Waals surface area contributed by atoms with Gasteiger partial charge in [0.05, 0.1) is 24.3 Å². The molecule has 0 spiro atoms. The van der Waals surface area contributed by atoms with Gasteiger partial charge >= 0.3 is 0 Å². The van der Waals surface area contributed by atoms with E-state index in [1.54, 1.807) is 6.21 Å². The molecule has 1 amide bonds. The number of allylic oxidation sites excluding steroid dienone is 2. The molecule has 0 aromatic heterocycles. The Labute approximate surface area is 164 Å². The summed E-state index contributed by atoms with van der Waals surface area (Å²) in [5.41, 5.74) is 2.21. The fourth-order valence-electron chi connectivity index (χ4n) is 4.24. The summed E-state index contributed by atoms with van der Waals surface area (Å²) in [5.74, 6) is 2.26. The van der Waals surface area contributed by atoms with Crippen LogP contribution in [-0.4, -0.2) is 65.4 Å². The largest absolute Gasteiger partial charge is 0.338 e. The number of dihydropyridines is 1. The van der Waals surface area contributed by atoms with Crippen molar-refractivity contribution in [2.75, 3.05) is 31.1 Å². The number of fused-ring (bicyclic) bond motifs is 1. The van der Waals surface area contributed by atoms with E-state index in [4.69, 9.17) is 0 Å². The number of likely N-dealkylation sites (tertiary alicyclic amines) is 1. The number of piperidine rings is 1. The van der Waals surface area contributed by atoms with Gasteiger partial charge in [0.1, 0.15) is 17.7 Å². The van der Waals surface area contributed by atoms with E-state index in [-0.39, 0.29) is 17.9 Å². The molecule has 142 valence electrons. The van der Waals surface area contributed by atoms with E-state index >= 15 is 0 Å². The van der Waals surface area contributed by atoms with Crippen molar-refractivity contribution >= 4 is 30.2 Å². The Hall–Kier alpha value is -2.07. The molecule has 4 aliphatic heterocycles. The Morgan fingerprint density at radius 3 is 2.74 bits per heavy atom. The van der Waals surface area contributed by atoms with E-state index in [1.165, 1.54) is 0 Å². The van der Waals surface area contributed by atoms with Gasteiger partial charge in [0.2, 0.25) is 0 Å². The van der Waals surface area contributed by atoms with Crippen molar-refractivity contribution in [2.24, 2.45) is 15.9 Å². The number of carbonyl (C=O) groups is 1. The van der Waals surface area contributed by atoms with Crippen molar-refractivity contribution in [1.29, 1.82) is 5.26 Å². The average Bonchev–Trinajstić information content (AvgIpc) is 3.16. The van der Waals surface area contributed by atoms with Crippen LogP contribution in [0, 0.1) is 17.2 Å². The molecule has 0 aromatic rings. The van der Waals surface area contributed by atoms with Gasteiger partial charge in [-0.15, -0.1) is 0 Å². The summed E-state index contributed by atoms with van der Waals surface area (Å²) in [5, 5.41) is 10.0. The summed E-state index contributed by atoms with van der Waals surface area (Å²) in [6.07, 6.45) is 10.8. The Kier molecular flexibility index (Phi) is 5.63. The van der Waals surface area contributed by atoms with E-state index in [2.05, 4.69) is 16.1 Å². The highest BCUT2D eigenvalue weighted by molar-refractivity contribution is 7.99. The molecular weight excluding hydrogens is 358 g/mol. The van der Waals surface area contributed by atoms with Gasteiger partial charge in [0.25, 0.3) is 5.91 Å². The molecule has 27 heavy (non-hydrogen) atoms. The summed E-state index contributed by atoms with van der Waals surface area (Å²) in [6, 6.07) is 2.29. The molecule has 4 rings (SSSR count). The maximum Gasteiger partial charge on any atom is 0.266 e. The number of aliphatic imine (C=N–C) groups is 2. The fourth-order valence-corrected chi connectivity index (χ4v) is 5.34. The number of amides is 1. The summed E-state index contributed by atoms with van der Waals surface area (Å²) < 4.78 is 0. The van der Waals surface area contributed by atoms with Gasteiger partial charge in [-0.2, -0.15) is 17.0 Å². The van der Waals surface area contributed by atoms with Crippen LogP contribution in [-0.2, 0) is 4.79 Å². The van der Waals surface area contributed by atoms with Crippen molar-refractivity contribution in [1.82, 2.24) is 9.80 Å². The highest BCUT2D eigenvalue weighted by Gasteiger charge is 2.36. The highest BCUT2D eigenvalue weighted by Crippen LogP contribution is 2.37. The van der Waals surface area contributed by atoms with Gasteiger partial charge in [0, 0.05) is 25.2 Å². The zero-order chi connectivity index (χ0) is 18.6. The highest BCUT2D eigenvalue weighted by atomic mass is 32.2. The van der Waals surface area contributed by atoms with E-state index in [0.29, 0.717) is 12.1 Å². The first-order valence-electron chi connectivity index (χ1n) is 9.83. The predicted octanol–water partition coefficient (Wildman–Crippen LogP) is 2.60. The second-order valence-electron chi connectivity index (χ2n) is 7.37. The lowest BCUT2D eigenvalue weighted by Gasteiger charge is -2.34. The summed E-state index contributed by atoms with van der Waals surface area (Å²) >= 11 is 1.95. The predicted molar refractivity (Wildman–Crippen MR) is 109 cm³/mol. The molecule has 1 unspecified atom stereocenters. The molecule has 0 bridgehead atoms. The minimum absolute atomic E-state index is 0.00740. The zero-order valence-corrected chi connectivity index (χ0v) is 16.3. The van der Waals surface area contributed by atoms with E-state index in [9.17, 15) is 10.1 Å². The number of carbonyl (C=O) groups excluding carboxylic acids is 1. The lowest BCUT2D eigenvalue weighted by atomic mass is 9.92. The number of thioether (sulfide) groups is 1. The average molecular weight is 384 g/mol. The Bertz CT molecular complexity index is 751. The van der Waals surface area contributed by atoms with Gasteiger partial charge in [-0.3, -0.25) is 14.8 Å². The molecule has 2 fully saturated rings. The Balaban J connectivity index is 1.73. The van der Waals surface area contributed by atoms with Crippen molar-refractivity contribution < 1.29 is 4.79 Å². The SMILES string of the molecule is N#CC(C(=O)N1CCCCC1)=C(C1CCSCC1)N1C=NC2CN=CC=C21. The third-order valence-electron chi connectivity index (χ3n) is 5.70. The second-order valence-corrected chi connectivity index (χ2v) is 8.59. The van der Waals surface area contributed by atoms with E-state index in [0.717, 1.165) is 68.1 Å². The monoisotopic (exact) mass is 383 g/mol. The van der Waals surface area contributed by atoms with E-state index < -0.39 is 0 Å². The lowest BCUT2D eigenvalue weighted by molar-refractivity contribution is -0.127. The molecule has 0 aromatic carbocycles. The molecule has 2 saturated heterocycles. The first-order valence-corrected chi connectivity index (χ1v) is 11.0. The van der Waals surface area contributed by atoms with Crippen molar-refractivity contribution in [3.8, 4) is 6.07 Å².